The van der Waals surface area contributed by atoms with Gasteiger partial charge in [-0.2, -0.15) is 8.97 Å². The molecule has 3 nitrogen and oxygen atoms in total. The van der Waals surface area contributed by atoms with Crippen LogP contribution < -0.4 is 16.8 Å². The van der Waals surface area contributed by atoms with Crippen molar-refractivity contribution in [1.82, 2.24) is 9.55 Å². The fourth-order valence-corrected chi connectivity index (χ4v) is 4.31. The van der Waals surface area contributed by atoms with E-state index in [0.29, 0.717) is 0 Å². The molecule has 0 fully saturated rings. The van der Waals surface area contributed by atoms with E-state index in [1.165, 1.54) is 10.8 Å². The zero-order chi connectivity index (χ0) is 19.4. The molecular weight excluding hydrogens is 413 g/mol. The Morgan fingerprint density at radius 2 is 1.50 bits per heavy atom. The lowest BCUT2D eigenvalue weighted by atomic mass is 10.1. The van der Waals surface area contributed by atoms with Crippen LogP contribution >= 0.6 is 11.6 Å². The number of nitrogens with one attached hydrogen (secondary N) is 1. The number of nitrogens with zero attached hydrogens (tertiary/aromatic N) is 2. The van der Waals surface area contributed by atoms with Crippen molar-refractivity contribution in [2.24, 2.45) is 0 Å². The van der Waals surface area contributed by atoms with Crippen molar-refractivity contribution in [2.45, 2.75) is 0 Å². The van der Waals surface area contributed by atoms with Crippen molar-refractivity contribution < 1.29 is 16.8 Å². The molecule has 0 saturated heterocycles. The van der Waals surface area contributed by atoms with E-state index in [2.05, 4.69) is 93.2 Å². The zero-order valence-corrected chi connectivity index (χ0v) is 17.4. The highest BCUT2D eigenvalue weighted by Gasteiger charge is 2.24. The molecule has 0 aliphatic carbocycles. The first-order chi connectivity index (χ1) is 14.3. The molecule has 0 spiro atoms. The number of pyridine rings is 1. The third-order valence-electron chi connectivity index (χ3n) is 5.50. The van der Waals surface area contributed by atoms with Crippen molar-refractivity contribution in [3.8, 4) is 16.9 Å². The van der Waals surface area contributed by atoms with Crippen molar-refractivity contribution in [3.63, 3.8) is 0 Å². The van der Waals surface area contributed by atoms with E-state index in [1.807, 2.05) is 18.2 Å². The third-order valence-corrected chi connectivity index (χ3v) is 5.75. The molecule has 0 saturated carbocycles. The molecule has 3 aromatic carbocycles. The Balaban J connectivity index is 0.00000193. The molecule has 0 atom stereocenters. The number of para-hydroxylation sites is 1. The largest absolute Gasteiger partial charge is 1.00 e. The molecule has 3 aromatic heterocycles. The van der Waals surface area contributed by atoms with Gasteiger partial charge in [0, 0.05) is 26.9 Å². The van der Waals surface area contributed by atoms with Crippen LogP contribution in [0.25, 0.3) is 44.3 Å². The van der Waals surface area contributed by atoms with Crippen LogP contribution in [0.1, 0.15) is 0 Å². The number of hydrogen-bond acceptors (Lipinski definition) is 0. The summed E-state index contributed by atoms with van der Waals surface area (Å²) in [6, 6.07) is 29.1. The lowest BCUT2D eigenvalue weighted by Gasteiger charge is -2.03. The van der Waals surface area contributed by atoms with Crippen LogP contribution in [0.2, 0.25) is 5.02 Å². The number of aromatic amines is 1. The van der Waals surface area contributed by atoms with Crippen LogP contribution in [-0.2, 0) is 0 Å². The summed E-state index contributed by atoms with van der Waals surface area (Å²) in [5, 5.41) is 3.20. The van der Waals surface area contributed by atoms with Crippen molar-refractivity contribution in [1.29, 1.82) is 0 Å². The second kappa shape index (κ2) is 7.21. The number of hydrogen-bond donors (Lipinski definition) is 1. The molecule has 3 heterocycles. The normalized spacial score (nSPS) is 11.2. The molecule has 6 aromatic rings. The highest BCUT2D eigenvalue weighted by Crippen LogP contribution is 2.33. The van der Waals surface area contributed by atoms with Crippen LogP contribution in [0.3, 0.4) is 0 Å². The topological polar surface area (TPSA) is 24.8 Å². The Labute approximate surface area is 184 Å². The Bertz CT molecular complexity index is 1500. The van der Waals surface area contributed by atoms with E-state index in [1.54, 1.807) is 0 Å². The number of fused-ring (bicyclic) bond motifs is 5. The minimum atomic E-state index is 0. The molecule has 6 rings (SSSR count). The third kappa shape index (κ3) is 2.78. The molecule has 0 amide bonds. The van der Waals surface area contributed by atoms with Gasteiger partial charge in [0.15, 0.2) is 5.69 Å². The van der Waals surface area contributed by atoms with E-state index in [-0.39, 0.29) is 12.4 Å². The average Bonchev–Trinajstić information content (AvgIpc) is 3.33. The monoisotopic (exact) mass is 429 g/mol. The Hall–Kier alpha value is -3.27. The van der Waals surface area contributed by atoms with Crippen LogP contribution in [0.4, 0.5) is 0 Å². The van der Waals surface area contributed by atoms with Gasteiger partial charge in [0.1, 0.15) is 5.69 Å². The molecule has 0 unspecified atom stereocenters. The first-order valence-electron chi connectivity index (χ1n) is 9.57. The van der Waals surface area contributed by atoms with Gasteiger partial charge in [0.2, 0.25) is 5.52 Å². The maximum Gasteiger partial charge on any atom is 0.254 e. The SMILES string of the molecule is Clc1ccc(-n2c[n+]3ccc4c5ccccc5[nH]c4c3c2-c2ccccc2)cc1.[Cl-]. The first-order valence-corrected chi connectivity index (χ1v) is 9.94. The minimum Gasteiger partial charge on any atom is -1.00 e. The van der Waals surface area contributed by atoms with Gasteiger partial charge in [-0.05, 0) is 36.4 Å². The minimum absolute atomic E-state index is 0. The van der Waals surface area contributed by atoms with E-state index in [4.69, 9.17) is 11.6 Å². The number of rotatable bonds is 2. The maximum absolute atomic E-state index is 6.14. The lowest BCUT2D eigenvalue weighted by Crippen LogP contribution is -3.00. The average molecular weight is 430 g/mol. The van der Waals surface area contributed by atoms with Crippen LogP contribution in [0.15, 0.2) is 97.5 Å². The van der Waals surface area contributed by atoms with Crippen LogP contribution in [-0.4, -0.2) is 9.55 Å². The maximum atomic E-state index is 6.14. The lowest BCUT2D eigenvalue weighted by molar-refractivity contribution is -0.510. The zero-order valence-electron chi connectivity index (χ0n) is 15.9. The van der Waals surface area contributed by atoms with Crippen LogP contribution in [0, 0.1) is 0 Å². The smallest absolute Gasteiger partial charge is 0.254 e. The predicted octanol–water partition coefficient (Wildman–Crippen LogP) is 3.17. The molecular formula is C25H17Cl2N3. The highest BCUT2D eigenvalue weighted by molar-refractivity contribution is 6.30. The molecule has 0 aliphatic heterocycles. The Morgan fingerprint density at radius 1 is 0.767 bits per heavy atom. The summed E-state index contributed by atoms with van der Waals surface area (Å²) in [6.07, 6.45) is 4.27. The van der Waals surface area contributed by atoms with Gasteiger partial charge >= 0.3 is 0 Å². The van der Waals surface area contributed by atoms with E-state index < -0.39 is 0 Å². The van der Waals surface area contributed by atoms with Gasteiger partial charge in [-0.1, -0.05) is 60.1 Å². The van der Waals surface area contributed by atoms with Crippen molar-refractivity contribution >= 4 is 38.9 Å². The van der Waals surface area contributed by atoms with Gasteiger partial charge < -0.3 is 17.4 Å². The quantitative estimate of drug-likeness (QED) is 0.409. The summed E-state index contributed by atoms with van der Waals surface area (Å²) in [4.78, 5) is 3.65. The summed E-state index contributed by atoms with van der Waals surface area (Å²) >= 11 is 6.14. The van der Waals surface area contributed by atoms with E-state index in [0.717, 1.165) is 38.5 Å². The van der Waals surface area contributed by atoms with E-state index >= 15 is 0 Å². The fourth-order valence-electron chi connectivity index (χ4n) is 4.18. The molecule has 1 N–H and O–H groups in total. The van der Waals surface area contributed by atoms with Crippen molar-refractivity contribution in [3.05, 3.63) is 102 Å². The Morgan fingerprint density at radius 3 is 2.30 bits per heavy atom. The summed E-state index contributed by atoms with van der Waals surface area (Å²) in [5.41, 5.74) is 6.82. The molecule has 5 heteroatoms. The standard InChI is InChI=1S/C25H17ClN3.ClH/c26-18-10-12-19(13-11-18)29-16-28-15-14-21-20-8-4-5-9-22(20)27-23(21)25(28)24(29)17-6-2-1-3-7-17;/h1-16,27H;1H/q+1;/p-1. The Kier molecular flexibility index (Phi) is 4.50. The number of halogens is 2. The molecule has 0 radical (unpaired) electrons. The second-order valence-corrected chi connectivity index (χ2v) is 7.64. The fraction of sp³-hybridized carbons (Fsp3) is 0. The van der Waals surface area contributed by atoms with Gasteiger partial charge in [-0.15, -0.1) is 0 Å². The predicted molar refractivity (Wildman–Crippen MR) is 119 cm³/mol. The summed E-state index contributed by atoms with van der Waals surface area (Å²) in [5.74, 6) is 0. The summed E-state index contributed by atoms with van der Waals surface area (Å²) in [6.45, 7) is 0. The van der Waals surface area contributed by atoms with Gasteiger partial charge in [-0.3, -0.25) is 0 Å². The first kappa shape index (κ1) is 18.7. The number of benzene rings is 3. The molecule has 30 heavy (non-hydrogen) atoms. The van der Waals surface area contributed by atoms with E-state index in [9.17, 15) is 0 Å². The summed E-state index contributed by atoms with van der Waals surface area (Å²) in [7, 11) is 0. The number of imidazole rings is 1. The number of aromatic nitrogens is 3. The summed E-state index contributed by atoms with van der Waals surface area (Å²) < 4.78 is 4.42. The molecule has 0 aliphatic rings. The van der Waals surface area contributed by atoms with Gasteiger partial charge in [-0.25, -0.2) is 0 Å². The van der Waals surface area contributed by atoms with Gasteiger partial charge in [0.05, 0.1) is 11.7 Å². The van der Waals surface area contributed by atoms with Crippen molar-refractivity contribution in [2.75, 3.05) is 0 Å². The highest BCUT2D eigenvalue weighted by atomic mass is 35.5. The van der Waals surface area contributed by atoms with Crippen LogP contribution in [0.5, 0.6) is 0 Å². The molecule has 146 valence electrons. The molecule has 0 bridgehead atoms. The van der Waals surface area contributed by atoms with Gasteiger partial charge in [0.25, 0.3) is 6.33 Å². The second-order valence-electron chi connectivity index (χ2n) is 7.21. The number of H-pyrrole nitrogens is 1.